The SMILES string of the molecule is Cn1c(-c2ccc(Br)cc2N)nc2cnccc21. The Kier molecular flexibility index (Phi) is 2.56. The van der Waals surface area contributed by atoms with Gasteiger partial charge in [0.1, 0.15) is 11.3 Å². The normalized spacial score (nSPS) is 11.0. The van der Waals surface area contributed by atoms with Gasteiger partial charge in [-0.3, -0.25) is 4.98 Å². The number of hydrogen-bond acceptors (Lipinski definition) is 3. The van der Waals surface area contributed by atoms with E-state index >= 15 is 0 Å². The Balaban J connectivity index is 2.28. The number of nitrogens with zero attached hydrogens (tertiary/aromatic N) is 3. The lowest BCUT2D eigenvalue weighted by molar-refractivity contribution is 0.959. The number of nitrogens with two attached hydrogens (primary N) is 1. The van der Waals surface area contributed by atoms with Crippen LogP contribution in [0.3, 0.4) is 0 Å². The summed E-state index contributed by atoms with van der Waals surface area (Å²) in [7, 11) is 1.98. The number of halogens is 1. The molecule has 0 saturated carbocycles. The van der Waals surface area contributed by atoms with Gasteiger partial charge in [0.2, 0.25) is 0 Å². The lowest BCUT2D eigenvalue weighted by Crippen LogP contribution is -1.96. The van der Waals surface area contributed by atoms with E-state index in [4.69, 9.17) is 5.73 Å². The molecule has 5 heteroatoms. The molecule has 0 aliphatic carbocycles. The number of rotatable bonds is 1. The summed E-state index contributed by atoms with van der Waals surface area (Å²) in [6.45, 7) is 0. The highest BCUT2D eigenvalue weighted by Gasteiger charge is 2.12. The Bertz CT molecular complexity index is 733. The zero-order valence-electron chi connectivity index (χ0n) is 9.76. The second-order valence-electron chi connectivity index (χ2n) is 4.09. The Labute approximate surface area is 113 Å². The van der Waals surface area contributed by atoms with Crippen LogP contribution in [0.25, 0.3) is 22.4 Å². The average Bonchev–Trinajstić information content (AvgIpc) is 2.68. The predicted octanol–water partition coefficient (Wildman–Crippen LogP) is 2.98. The molecule has 0 fully saturated rings. The summed E-state index contributed by atoms with van der Waals surface area (Å²) in [5.41, 5.74) is 9.59. The Morgan fingerprint density at radius 1 is 1.28 bits per heavy atom. The minimum atomic E-state index is 0.704. The van der Waals surface area contributed by atoms with Crippen LogP contribution in [0.2, 0.25) is 0 Å². The molecule has 3 rings (SSSR count). The molecule has 0 saturated heterocycles. The van der Waals surface area contributed by atoms with Gasteiger partial charge in [-0.05, 0) is 24.3 Å². The second-order valence-corrected chi connectivity index (χ2v) is 5.01. The Hall–Kier alpha value is -1.88. The van der Waals surface area contributed by atoms with Crippen molar-refractivity contribution in [2.24, 2.45) is 7.05 Å². The van der Waals surface area contributed by atoms with Gasteiger partial charge in [-0.15, -0.1) is 0 Å². The molecule has 0 atom stereocenters. The van der Waals surface area contributed by atoms with Crippen LogP contribution in [0, 0.1) is 0 Å². The van der Waals surface area contributed by atoms with Crippen LogP contribution >= 0.6 is 15.9 Å². The van der Waals surface area contributed by atoms with Crippen LogP contribution in [-0.2, 0) is 7.05 Å². The van der Waals surface area contributed by atoms with Gasteiger partial charge in [0, 0.05) is 29.0 Å². The van der Waals surface area contributed by atoms with Crippen LogP contribution in [-0.4, -0.2) is 14.5 Å². The van der Waals surface area contributed by atoms with Gasteiger partial charge in [-0.1, -0.05) is 15.9 Å². The third kappa shape index (κ3) is 1.67. The van der Waals surface area contributed by atoms with E-state index in [2.05, 4.69) is 25.9 Å². The number of nitrogen functional groups attached to an aromatic ring is 1. The minimum absolute atomic E-state index is 0.704. The van der Waals surface area contributed by atoms with Crippen molar-refractivity contribution < 1.29 is 0 Å². The van der Waals surface area contributed by atoms with Gasteiger partial charge >= 0.3 is 0 Å². The second kappa shape index (κ2) is 4.10. The number of hydrogen-bond donors (Lipinski definition) is 1. The van der Waals surface area contributed by atoms with Crippen LogP contribution in [0.4, 0.5) is 5.69 Å². The number of aromatic nitrogens is 3. The molecule has 0 unspecified atom stereocenters. The molecule has 90 valence electrons. The first-order chi connectivity index (χ1) is 8.66. The molecule has 2 aromatic heterocycles. The number of anilines is 1. The van der Waals surface area contributed by atoms with Crippen LogP contribution in [0.1, 0.15) is 0 Å². The van der Waals surface area contributed by atoms with Crippen molar-refractivity contribution in [2.45, 2.75) is 0 Å². The van der Waals surface area contributed by atoms with Crippen LogP contribution < -0.4 is 5.73 Å². The summed E-state index contributed by atoms with van der Waals surface area (Å²) in [6, 6.07) is 7.76. The van der Waals surface area contributed by atoms with Crippen molar-refractivity contribution in [2.75, 3.05) is 5.73 Å². The highest BCUT2D eigenvalue weighted by Crippen LogP contribution is 2.29. The Morgan fingerprint density at radius 3 is 2.83 bits per heavy atom. The third-order valence-corrected chi connectivity index (χ3v) is 3.43. The largest absolute Gasteiger partial charge is 0.398 e. The van der Waals surface area contributed by atoms with Crippen molar-refractivity contribution in [3.8, 4) is 11.4 Å². The van der Waals surface area contributed by atoms with Crippen molar-refractivity contribution in [3.05, 3.63) is 41.1 Å². The summed E-state index contributed by atoms with van der Waals surface area (Å²) in [4.78, 5) is 8.66. The minimum Gasteiger partial charge on any atom is -0.398 e. The summed E-state index contributed by atoms with van der Waals surface area (Å²) in [6.07, 6.45) is 3.52. The van der Waals surface area contributed by atoms with E-state index in [9.17, 15) is 0 Å². The zero-order valence-corrected chi connectivity index (χ0v) is 11.3. The van der Waals surface area contributed by atoms with E-state index < -0.39 is 0 Å². The molecule has 2 heterocycles. The fraction of sp³-hybridized carbons (Fsp3) is 0.0769. The fourth-order valence-corrected chi connectivity index (χ4v) is 2.41. The van der Waals surface area contributed by atoms with Gasteiger partial charge in [0.25, 0.3) is 0 Å². The van der Waals surface area contributed by atoms with Crippen LogP contribution in [0.15, 0.2) is 41.1 Å². The molecule has 4 nitrogen and oxygen atoms in total. The van der Waals surface area contributed by atoms with Gasteiger partial charge in [-0.25, -0.2) is 4.98 Å². The maximum atomic E-state index is 6.05. The lowest BCUT2D eigenvalue weighted by atomic mass is 10.2. The first-order valence-electron chi connectivity index (χ1n) is 5.48. The standard InChI is InChI=1S/C13H11BrN4/c1-18-12-4-5-16-7-11(12)17-13(18)9-3-2-8(14)6-10(9)15/h2-7H,15H2,1H3. The van der Waals surface area contributed by atoms with E-state index in [1.54, 1.807) is 12.4 Å². The highest BCUT2D eigenvalue weighted by molar-refractivity contribution is 9.10. The maximum Gasteiger partial charge on any atom is 0.143 e. The fourth-order valence-electron chi connectivity index (χ4n) is 2.03. The molecule has 0 aliphatic heterocycles. The number of imidazole rings is 1. The number of aryl methyl sites for hydroxylation is 1. The predicted molar refractivity (Wildman–Crippen MR) is 76.1 cm³/mol. The number of pyridine rings is 1. The van der Waals surface area contributed by atoms with Crippen molar-refractivity contribution >= 4 is 32.7 Å². The molecular formula is C13H11BrN4. The molecule has 2 N–H and O–H groups in total. The van der Waals surface area contributed by atoms with Gasteiger partial charge in [-0.2, -0.15) is 0 Å². The molecule has 18 heavy (non-hydrogen) atoms. The van der Waals surface area contributed by atoms with E-state index in [1.807, 2.05) is 35.9 Å². The summed E-state index contributed by atoms with van der Waals surface area (Å²) in [5.74, 6) is 0.850. The van der Waals surface area contributed by atoms with E-state index in [-0.39, 0.29) is 0 Å². The van der Waals surface area contributed by atoms with Gasteiger partial charge in [0.05, 0.1) is 11.7 Å². The monoisotopic (exact) mass is 302 g/mol. The summed E-state index contributed by atoms with van der Waals surface area (Å²) < 4.78 is 2.99. The van der Waals surface area contributed by atoms with E-state index in [1.165, 1.54) is 0 Å². The van der Waals surface area contributed by atoms with E-state index in [0.717, 1.165) is 26.9 Å². The first-order valence-corrected chi connectivity index (χ1v) is 6.28. The molecule has 0 aliphatic rings. The number of benzene rings is 1. The lowest BCUT2D eigenvalue weighted by Gasteiger charge is -2.06. The first kappa shape index (κ1) is 11.2. The van der Waals surface area contributed by atoms with Crippen molar-refractivity contribution in [1.82, 2.24) is 14.5 Å². The molecule has 1 aromatic carbocycles. The number of fused-ring (bicyclic) bond motifs is 1. The quantitative estimate of drug-likeness (QED) is 0.703. The third-order valence-electron chi connectivity index (χ3n) is 2.94. The molecule has 0 bridgehead atoms. The van der Waals surface area contributed by atoms with Gasteiger partial charge in [0.15, 0.2) is 0 Å². The molecular weight excluding hydrogens is 292 g/mol. The molecule has 0 amide bonds. The topological polar surface area (TPSA) is 56.7 Å². The summed E-state index contributed by atoms with van der Waals surface area (Å²) >= 11 is 3.40. The van der Waals surface area contributed by atoms with Crippen molar-refractivity contribution in [1.29, 1.82) is 0 Å². The van der Waals surface area contributed by atoms with Crippen molar-refractivity contribution in [3.63, 3.8) is 0 Å². The highest BCUT2D eigenvalue weighted by atomic mass is 79.9. The smallest absolute Gasteiger partial charge is 0.143 e. The molecule has 3 aromatic rings. The summed E-state index contributed by atoms with van der Waals surface area (Å²) in [5, 5.41) is 0. The average molecular weight is 303 g/mol. The van der Waals surface area contributed by atoms with E-state index in [0.29, 0.717) is 5.69 Å². The molecule has 0 radical (unpaired) electrons. The van der Waals surface area contributed by atoms with Gasteiger partial charge < -0.3 is 10.3 Å². The Morgan fingerprint density at radius 2 is 2.11 bits per heavy atom. The zero-order chi connectivity index (χ0) is 12.7. The molecule has 0 spiro atoms. The maximum absolute atomic E-state index is 6.05. The van der Waals surface area contributed by atoms with Crippen LogP contribution in [0.5, 0.6) is 0 Å².